The molecule has 1 aliphatic rings. The van der Waals surface area contributed by atoms with Gasteiger partial charge in [-0.2, -0.15) is 0 Å². The molecule has 20 heavy (non-hydrogen) atoms. The highest BCUT2D eigenvalue weighted by Crippen LogP contribution is 2.22. The van der Waals surface area contributed by atoms with E-state index in [1.807, 2.05) is 13.8 Å². The Balaban J connectivity index is 2.04. The van der Waals surface area contributed by atoms with Crippen LogP contribution in [-0.4, -0.2) is 17.2 Å². The Morgan fingerprint density at radius 1 is 1.35 bits per heavy atom. The molecule has 4 N–H and O–H groups in total. The molecule has 0 aromatic carbocycles. The molecule has 1 heterocycles. The Bertz CT molecular complexity index is 443. The molecule has 6 nitrogen and oxygen atoms in total. The lowest BCUT2D eigenvalue weighted by molar-refractivity contribution is 0.391. The highest BCUT2D eigenvalue weighted by Gasteiger charge is 2.18. The lowest BCUT2D eigenvalue weighted by atomic mass is 9.96. The summed E-state index contributed by atoms with van der Waals surface area (Å²) in [5, 5.41) is 7.29. The Morgan fingerprint density at radius 3 is 2.60 bits per heavy atom. The molecule has 0 aliphatic heterocycles. The predicted molar refractivity (Wildman–Crippen MR) is 79.2 cm³/mol. The number of aryl methyl sites for hydroxylation is 2. The molecule has 0 amide bonds. The molecule has 1 unspecified atom stereocenters. The number of hydrogen-bond donors (Lipinski definition) is 3. The summed E-state index contributed by atoms with van der Waals surface area (Å²) in [5.41, 5.74) is 4.63. The van der Waals surface area contributed by atoms with Gasteiger partial charge in [0.05, 0.1) is 17.8 Å². The van der Waals surface area contributed by atoms with E-state index < -0.39 is 0 Å². The molecule has 0 saturated heterocycles. The van der Waals surface area contributed by atoms with Crippen molar-refractivity contribution in [2.24, 2.45) is 10.8 Å². The lowest BCUT2D eigenvalue weighted by Crippen LogP contribution is -2.43. The van der Waals surface area contributed by atoms with Gasteiger partial charge in [0.15, 0.2) is 0 Å². The number of nitrogens with zero attached hydrogens (tertiary/aromatic N) is 2. The van der Waals surface area contributed by atoms with E-state index in [2.05, 4.69) is 27.8 Å². The van der Waals surface area contributed by atoms with Gasteiger partial charge in [-0.1, -0.05) is 24.4 Å². The number of rotatable bonds is 3. The van der Waals surface area contributed by atoms with Crippen molar-refractivity contribution in [3.8, 4) is 0 Å². The van der Waals surface area contributed by atoms with Crippen molar-refractivity contribution < 1.29 is 4.52 Å². The number of aliphatic imine (C=N–C) groups is 1. The number of guanidine groups is 1. The SMILES string of the molecule is Cc1noc(C)c1C(C)NC(=NC1CCCCC1)NN. The molecule has 2 rings (SSSR count). The molecule has 0 bridgehead atoms. The zero-order valence-electron chi connectivity index (χ0n) is 12.6. The van der Waals surface area contributed by atoms with Crippen LogP contribution in [0.5, 0.6) is 0 Å². The van der Waals surface area contributed by atoms with Crippen LogP contribution in [0.25, 0.3) is 0 Å². The van der Waals surface area contributed by atoms with Gasteiger partial charge in [-0.3, -0.25) is 5.43 Å². The fourth-order valence-electron chi connectivity index (χ4n) is 2.89. The molecule has 112 valence electrons. The summed E-state index contributed by atoms with van der Waals surface area (Å²) in [7, 11) is 0. The molecule has 0 spiro atoms. The predicted octanol–water partition coefficient (Wildman–Crippen LogP) is 2.09. The van der Waals surface area contributed by atoms with E-state index in [0.29, 0.717) is 12.0 Å². The molecule has 1 aliphatic carbocycles. The first-order valence-corrected chi connectivity index (χ1v) is 7.35. The molecule has 1 fully saturated rings. The number of hydrazine groups is 1. The van der Waals surface area contributed by atoms with E-state index in [1.54, 1.807) is 0 Å². The van der Waals surface area contributed by atoms with Crippen LogP contribution in [0.4, 0.5) is 0 Å². The summed E-state index contributed by atoms with van der Waals surface area (Å²) >= 11 is 0. The Labute approximate surface area is 120 Å². The van der Waals surface area contributed by atoms with Gasteiger partial charge >= 0.3 is 0 Å². The summed E-state index contributed by atoms with van der Waals surface area (Å²) in [6, 6.07) is 0.429. The summed E-state index contributed by atoms with van der Waals surface area (Å²) in [6.45, 7) is 5.92. The summed E-state index contributed by atoms with van der Waals surface area (Å²) < 4.78 is 5.20. The molecule has 1 aromatic rings. The first-order valence-electron chi connectivity index (χ1n) is 7.35. The maximum Gasteiger partial charge on any atom is 0.206 e. The van der Waals surface area contributed by atoms with E-state index in [1.165, 1.54) is 19.3 Å². The average Bonchev–Trinajstić information content (AvgIpc) is 2.78. The maximum absolute atomic E-state index is 5.59. The summed E-state index contributed by atoms with van der Waals surface area (Å²) in [5.74, 6) is 7.06. The standard InChI is InChI=1S/C14H25N5O/c1-9(13-10(2)19-20-11(13)3)16-14(18-15)17-12-7-5-4-6-8-12/h9,12H,4-8,15H2,1-3H3,(H2,16,17,18). The molecule has 6 heteroatoms. The van der Waals surface area contributed by atoms with Gasteiger partial charge < -0.3 is 9.84 Å². The van der Waals surface area contributed by atoms with Gasteiger partial charge in [0.1, 0.15) is 5.76 Å². The Hall–Kier alpha value is -1.56. The number of nitrogens with two attached hydrogens (primary N) is 1. The van der Waals surface area contributed by atoms with Crippen molar-refractivity contribution in [1.29, 1.82) is 0 Å². The average molecular weight is 279 g/mol. The van der Waals surface area contributed by atoms with E-state index in [4.69, 9.17) is 10.4 Å². The maximum atomic E-state index is 5.59. The van der Waals surface area contributed by atoms with E-state index in [9.17, 15) is 0 Å². The highest BCUT2D eigenvalue weighted by atomic mass is 16.5. The van der Waals surface area contributed by atoms with Gasteiger partial charge in [-0.05, 0) is 33.6 Å². The van der Waals surface area contributed by atoms with Gasteiger partial charge in [0, 0.05) is 5.56 Å². The monoisotopic (exact) mass is 279 g/mol. The van der Waals surface area contributed by atoms with Gasteiger partial charge in [0.2, 0.25) is 5.96 Å². The summed E-state index contributed by atoms with van der Waals surface area (Å²) in [4.78, 5) is 4.68. The van der Waals surface area contributed by atoms with Crippen molar-refractivity contribution in [2.75, 3.05) is 0 Å². The first kappa shape index (κ1) is 14.8. The van der Waals surface area contributed by atoms with Crippen LogP contribution in [0, 0.1) is 13.8 Å². The van der Waals surface area contributed by atoms with Gasteiger partial charge in [-0.15, -0.1) is 0 Å². The Kier molecular flexibility index (Phi) is 5.00. The molecule has 1 aromatic heterocycles. The van der Waals surface area contributed by atoms with Crippen LogP contribution in [0.15, 0.2) is 9.52 Å². The minimum Gasteiger partial charge on any atom is -0.361 e. The topological polar surface area (TPSA) is 88.5 Å². The second-order valence-electron chi connectivity index (χ2n) is 5.52. The third kappa shape index (κ3) is 3.50. The second kappa shape index (κ2) is 6.74. The number of hydrogen-bond acceptors (Lipinski definition) is 4. The van der Waals surface area contributed by atoms with Crippen LogP contribution in [0.2, 0.25) is 0 Å². The molecular weight excluding hydrogens is 254 g/mol. The molecule has 1 saturated carbocycles. The van der Waals surface area contributed by atoms with Crippen LogP contribution in [-0.2, 0) is 0 Å². The van der Waals surface area contributed by atoms with Crippen LogP contribution >= 0.6 is 0 Å². The van der Waals surface area contributed by atoms with Gasteiger partial charge in [0.25, 0.3) is 0 Å². The van der Waals surface area contributed by atoms with E-state index in [-0.39, 0.29) is 6.04 Å². The van der Waals surface area contributed by atoms with Crippen molar-refractivity contribution in [1.82, 2.24) is 15.9 Å². The smallest absolute Gasteiger partial charge is 0.206 e. The van der Waals surface area contributed by atoms with Crippen molar-refractivity contribution >= 4 is 5.96 Å². The minimum atomic E-state index is 0.0552. The van der Waals surface area contributed by atoms with E-state index in [0.717, 1.165) is 29.9 Å². The number of aromatic nitrogens is 1. The van der Waals surface area contributed by atoms with Crippen LogP contribution < -0.4 is 16.6 Å². The van der Waals surface area contributed by atoms with Crippen LogP contribution in [0.1, 0.15) is 62.1 Å². The fraction of sp³-hybridized carbons (Fsp3) is 0.714. The summed E-state index contributed by atoms with van der Waals surface area (Å²) in [6.07, 6.45) is 6.12. The third-order valence-electron chi connectivity index (χ3n) is 3.90. The highest BCUT2D eigenvalue weighted by molar-refractivity contribution is 5.79. The molecule has 0 radical (unpaired) electrons. The van der Waals surface area contributed by atoms with Crippen molar-refractivity contribution in [3.05, 3.63) is 17.0 Å². The largest absolute Gasteiger partial charge is 0.361 e. The number of nitrogens with one attached hydrogen (secondary N) is 2. The fourth-order valence-corrected chi connectivity index (χ4v) is 2.89. The Morgan fingerprint density at radius 2 is 2.05 bits per heavy atom. The second-order valence-corrected chi connectivity index (χ2v) is 5.52. The molecule has 1 atom stereocenters. The zero-order valence-corrected chi connectivity index (χ0v) is 12.6. The minimum absolute atomic E-state index is 0.0552. The van der Waals surface area contributed by atoms with Crippen LogP contribution in [0.3, 0.4) is 0 Å². The zero-order chi connectivity index (χ0) is 14.5. The van der Waals surface area contributed by atoms with Crippen molar-refractivity contribution in [2.45, 2.75) is 65.0 Å². The van der Waals surface area contributed by atoms with E-state index >= 15 is 0 Å². The third-order valence-corrected chi connectivity index (χ3v) is 3.90. The normalized spacial score (nSPS) is 18.9. The quantitative estimate of drug-likeness (QED) is 0.341. The first-order chi connectivity index (χ1) is 9.61. The van der Waals surface area contributed by atoms with Crippen molar-refractivity contribution in [3.63, 3.8) is 0 Å². The lowest BCUT2D eigenvalue weighted by Gasteiger charge is -2.21. The molecular formula is C14H25N5O. The van der Waals surface area contributed by atoms with Gasteiger partial charge in [-0.25, -0.2) is 10.8 Å².